The van der Waals surface area contributed by atoms with Gasteiger partial charge in [-0.2, -0.15) is 0 Å². The highest BCUT2D eigenvalue weighted by Crippen LogP contribution is 2.45. The molecule has 2 atom stereocenters. The Kier molecular flexibility index (Phi) is 3.36. The molecule has 2 heterocycles. The summed E-state index contributed by atoms with van der Waals surface area (Å²) in [5, 5.41) is 3.22. The molecule has 4 nitrogen and oxygen atoms in total. The molecular weight excluding hydrogens is 250 g/mol. The van der Waals surface area contributed by atoms with Gasteiger partial charge >= 0.3 is 0 Å². The predicted molar refractivity (Wildman–Crippen MR) is 79.6 cm³/mol. The van der Waals surface area contributed by atoms with E-state index in [2.05, 4.69) is 29.9 Å². The summed E-state index contributed by atoms with van der Waals surface area (Å²) in [6, 6.07) is 2.23. The molecule has 0 aromatic carbocycles. The molecule has 0 saturated heterocycles. The molecule has 110 valence electrons. The second-order valence-corrected chi connectivity index (χ2v) is 6.84. The van der Waals surface area contributed by atoms with Crippen LogP contribution in [0.4, 0.5) is 0 Å². The topological polar surface area (TPSA) is 60.0 Å². The number of carbonyl (C=O) groups excluding carboxylic acids is 1. The summed E-state index contributed by atoms with van der Waals surface area (Å²) >= 11 is 0. The average Bonchev–Trinajstić information content (AvgIpc) is 2.86. The SMILES string of the molecule is CC1(C)C(CN)CC1NC(=O)c1ccn2c1CCCC2. The molecule has 20 heavy (non-hydrogen) atoms. The van der Waals surface area contributed by atoms with E-state index in [-0.39, 0.29) is 17.4 Å². The van der Waals surface area contributed by atoms with Crippen molar-refractivity contribution >= 4 is 5.91 Å². The maximum Gasteiger partial charge on any atom is 0.253 e. The predicted octanol–water partition coefficient (Wildman–Crippen LogP) is 1.93. The van der Waals surface area contributed by atoms with Gasteiger partial charge in [-0.3, -0.25) is 4.79 Å². The zero-order chi connectivity index (χ0) is 14.3. The highest BCUT2D eigenvalue weighted by Gasteiger charge is 2.47. The molecule has 1 aliphatic heterocycles. The number of hydrogen-bond donors (Lipinski definition) is 2. The van der Waals surface area contributed by atoms with Crippen molar-refractivity contribution < 1.29 is 4.79 Å². The fraction of sp³-hybridized carbons (Fsp3) is 0.688. The van der Waals surface area contributed by atoms with Gasteiger partial charge in [0.2, 0.25) is 0 Å². The lowest BCUT2D eigenvalue weighted by molar-refractivity contribution is 0.0199. The zero-order valence-electron chi connectivity index (χ0n) is 12.5. The molecule has 3 rings (SSSR count). The van der Waals surface area contributed by atoms with Crippen LogP contribution in [0.2, 0.25) is 0 Å². The number of nitrogens with two attached hydrogens (primary N) is 1. The lowest BCUT2D eigenvalue weighted by atomic mass is 9.58. The summed E-state index contributed by atoms with van der Waals surface area (Å²) in [7, 11) is 0. The number of amides is 1. The average molecular weight is 275 g/mol. The Bertz CT molecular complexity index is 518. The van der Waals surface area contributed by atoms with E-state index in [1.165, 1.54) is 18.5 Å². The van der Waals surface area contributed by atoms with Gasteiger partial charge in [0.05, 0.1) is 5.56 Å². The first-order chi connectivity index (χ1) is 9.54. The largest absolute Gasteiger partial charge is 0.351 e. The molecule has 1 fully saturated rings. The molecule has 1 aromatic rings. The van der Waals surface area contributed by atoms with E-state index in [9.17, 15) is 4.79 Å². The van der Waals surface area contributed by atoms with Gasteiger partial charge in [0, 0.05) is 24.5 Å². The fourth-order valence-corrected chi connectivity index (χ4v) is 3.67. The maximum atomic E-state index is 12.5. The monoisotopic (exact) mass is 275 g/mol. The summed E-state index contributed by atoms with van der Waals surface area (Å²) in [4.78, 5) is 12.5. The van der Waals surface area contributed by atoms with Gasteiger partial charge in [0.15, 0.2) is 0 Å². The Balaban J connectivity index is 1.70. The number of aryl methyl sites for hydroxylation is 1. The smallest absolute Gasteiger partial charge is 0.253 e. The quantitative estimate of drug-likeness (QED) is 0.885. The van der Waals surface area contributed by atoms with Crippen LogP contribution in [0.3, 0.4) is 0 Å². The van der Waals surface area contributed by atoms with E-state index < -0.39 is 0 Å². The normalized spacial score (nSPS) is 27.6. The summed E-state index contributed by atoms with van der Waals surface area (Å²) in [6.45, 7) is 6.16. The first kappa shape index (κ1) is 13.7. The number of fused-ring (bicyclic) bond motifs is 1. The maximum absolute atomic E-state index is 12.5. The summed E-state index contributed by atoms with van der Waals surface area (Å²) in [6.07, 6.45) is 6.49. The van der Waals surface area contributed by atoms with Gasteiger partial charge in [-0.1, -0.05) is 13.8 Å². The number of hydrogen-bond acceptors (Lipinski definition) is 2. The van der Waals surface area contributed by atoms with Crippen LogP contribution in [0, 0.1) is 11.3 Å². The van der Waals surface area contributed by atoms with Crippen molar-refractivity contribution in [2.75, 3.05) is 6.54 Å². The number of aromatic nitrogens is 1. The third-order valence-corrected chi connectivity index (χ3v) is 5.45. The van der Waals surface area contributed by atoms with Gasteiger partial charge < -0.3 is 15.6 Å². The highest BCUT2D eigenvalue weighted by molar-refractivity contribution is 5.95. The molecule has 1 aliphatic carbocycles. The minimum absolute atomic E-state index is 0.0918. The third kappa shape index (κ3) is 2.06. The minimum Gasteiger partial charge on any atom is -0.351 e. The van der Waals surface area contributed by atoms with Crippen LogP contribution in [0.5, 0.6) is 0 Å². The Morgan fingerprint density at radius 1 is 1.50 bits per heavy atom. The Morgan fingerprint density at radius 2 is 2.30 bits per heavy atom. The molecule has 0 radical (unpaired) electrons. The van der Waals surface area contributed by atoms with Gasteiger partial charge in [0.25, 0.3) is 5.91 Å². The molecule has 1 amide bonds. The fourth-order valence-electron chi connectivity index (χ4n) is 3.67. The number of nitrogens with one attached hydrogen (secondary N) is 1. The molecule has 2 unspecified atom stereocenters. The van der Waals surface area contributed by atoms with Crippen molar-refractivity contribution in [3.05, 3.63) is 23.5 Å². The molecule has 1 aromatic heterocycles. The minimum atomic E-state index is 0.0918. The van der Waals surface area contributed by atoms with Gasteiger partial charge in [-0.05, 0) is 49.6 Å². The molecule has 0 spiro atoms. The number of carbonyl (C=O) groups is 1. The van der Waals surface area contributed by atoms with Crippen LogP contribution in [0.15, 0.2) is 12.3 Å². The van der Waals surface area contributed by atoms with Crippen LogP contribution in [-0.2, 0) is 13.0 Å². The summed E-state index contributed by atoms with van der Waals surface area (Å²) < 4.78 is 2.23. The second-order valence-electron chi connectivity index (χ2n) is 6.84. The van der Waals surface area contributed by atoms with E-state index >= 15 is 0 Å². The van der Waals surface area contributed by atoms with Crippen molar-refractivity contribution in [1.29, 1.82) is 0 Å². The first-order valence-electron chi connectivity index (χ1n) is 7.73. The van der Waals surface area contributed by atoms with E-state index in [0.29, 0.717) is 12.5 Å². The van der Waals surface area contributed by atoms with Crippen molar-refractivity contribution in [1.82, 2.24) is 9.88 Å². The Hall–Kier alpha value is -1.29. The molecular formula is C16H25N3O. The Labute approximate surface area is 120 Å². The van der Waals surface area contributed by atoms with Crippen molar-refractivity contribution in [3.63, 3.8) is 0 Å². The lowest BCUT2D eigenvalue weighted by Crippen LogP contribution is -2.60. The van der Waals surface area contributed by atoms with E-state index in [0.717, 1.165) is 24.9 Å². The standard InChI is InChI=1S/C16H25N3O/c1-16(2)11(10-17)9-14(16)18-15(20)12-6-8-19-7-4-3-5-13(12)19/h6,8,11,14H,3-5,7,9-10,17H2,1-2H3,(H,18,20). The Morgan fingerprint density at radius 3 is 3.00 bits per heavy atom. The van der Waals surface area contributed by atoms with E-state index in [1.807, 2.05) is 6.07 Å². The lowest BCUT2D eigenvalue weighted by Gasteiger charge is -2.52. The summed E-state index contributed by atoms with van der Waals surface area (Å²) in [5.74, 6) is 0.616. The highest BCUT2D eigenvalue weighted by atomic mass is 16.1. The first-order valence-corrected chi connectivity index (χ1v) is 7.73. The molecule has 4 heteroatoms. The number of rotatable bonds is 3. The van der Waals surface area contributed by atoms with Crippen LogP contribution in [0.1, 0.15) is 49.2 Å². The van der Waals surface area contributed by atoms with Crippen LogP contribution < -0.4 is 11.1 Å². The van der Waals surface area contributed by atoms with E-state index in [1.54, 1.807) is 0 Å². The second kappa shape index (κ2) is 4.92. The number of nitrogens with zero attached hydrogens (tertiary/aromatic N) is 1. The molecule has 3 N–H and O–H groups in total. The zero-order valence-corrected chi connectivity index (χ0v) is 12.5. The van der Waals surface area contributed by atoms with Crippen molar-refractivity contribution in [2.24, 2.45) is 17.1 Å². The third-order valence-electron chi connectivity index (χ3n) is 5.45. The van der Waals surface area contributed by atoms with Crippen molar-refractivity contribution in [3.8, 4) is 0 Å². The van der Waals surface area contributed by atoms with Crippen molar-refractivity contribution in [2.45, 2.75) is 52.1 Å². The van der Waals surface area contributed by atoms with Gasteiger partial charge in [0.1, 0.15) is 0 Å². The summed E-state index contributed by atoms with van der Waals surface area (Å²) in [5.41, 5.74) is 7.97. The van der Waals surface area contributed by atoms with Gasteiger partial charge in [-0.15, -0.1) is 0 Å². The van der Waals surface area contributed by atoms with Gasteiger partial charge in [-0.25, -0.2) is 0 Å². The molecule has 0 bridgehead atoms. The van der Waals surface area contributed by atoms with Crippen LogP contribution in [0.25, 0.3) is 0 Å². The molecule has 2 aliphatic rings. The van der Waals surface area contributed by atoms with Crippen LogP contribution in [-0.4, -0.2) is 23.1 Å². The van der Waals surface area contributed by atoms with E-state index in [4.69, 9.17) is 5.73 Å². The molecule has 1 saturated carbocycles. The van der Waals surface area contributed by atoms with Crippen LogP contribution >= 0.6 is 0 Å².